The lowest BCUT2D eigenvalue weighted by Gasteiger charge is -2.28. The molecule has 108 valence electrons. The van der Waals surface area contributed by atoms with Gasteiger partial charge in [-0.25, -0.2) is 0 Å². The van der Waals surface area contributed by atoms with E-state index in [1.54, 1.807) is 0 Å². The van der Waals surface area contributed by atoms with Crippen molar-refractivity contribution in [3.8, 4) is 0 Å². The van der Waals surface area contributed by atoms with E-state index in [9.17, 15) is 0 Å². The number of hydrogen-bond acceptors (Lipinski definition) is 3. The smallest absolute Gasteiger partial charge is 0.0642 e. The monoisotopic (exact) mass is 300 g/mol. The summed E-state index contributed by atoms with van der Waals surface area (Å²) in [6.07, 6.45) is 3.32. The summed E-state index contributed by atoms with van der Waals surface area (Å²) < 4.78 is 0. The van der Waals surface area contributed by atoms with E-state index in [-0.39, 0.29) is 0 Å². The summed E-state index contributed by atoms with van der Waals surface area (Å²) in [5.41, 5.74) is 2.34. The molecule has 1 rings (SSSR count). The van der Waals surface area contributed by atoms with Crippen molar-refractivity contribution in [3.05, 3.63) is 28.8 Å². The maximum absolute atomic E-state index is 6.43. The van der Waals surface area contributed by atoms with Crippen LogP contribution >= 0.6 is 23.4 Å². The highest BCUT2D eigenvalue weighted by atomic mass is 35.5. The SMILES string of the molecule is CNC(C)c1ccc(N(C)C(C)CCSC)c(Cl)c1. The Bertz CT molecular complexity index is 398. The molecule has 0 bridgehead atoms. The molecule has 2 atom stereocenters. The van der Waals surface area contributed by atoms with Gasteiger partial charge in [0.2, 0.25) is 0 Å². The quantitative estimate of drug-likeness (QED) is 0.812. The van der Waals surface area contributed by atoms with Gasteiger partial charge in [0.15, 0.2) is 0 Å². The number of thioether (sulfide) groups is 1. The van der Waals surface area contributed by atoms with Gasteiger partial charge < -0.3 is 10.2 Å². The van der Waals surface area contributed by atoms with Gasteiger partial charge in [0.25, 0.3) is 0 Å². The van der Waals surface area contributed by atoms with E-state index in [1.165, 1.54) is 17.7 Å². The minimum atomic E-state index is 0.325. The fraction of sp³-hybridized carbons (Fsp3) is 0.600. The van der Waals surface area contributed by atoms with Gasteiger partial charge in [0.1, 0.15) is 0 Å². The van der Waals surface area contributed by atoms with Gasteiger partial charge in [-0.05, 0) is 57.0 Å². The molecule has 0 spiro atoms. The third-order valence-electron chi connectivity index (χ3n) is 3.69. The standard InChI is InChI=1S/C15H25ClN2S/c1-11(8-9-19-5)18(4)15-7-6-13(10-14(15)16)12(2)17-3/h6-7,10-12,17H,8-9H2,1-5H3. The van der Waals surface area contributed by atoms with Gasteiger partial charge >= 0.3 is 0 Å². The molecule has 0 radical (unpaired) electrons. The highest BCUT2D eigenvalue weighted by Gasteiger charge is 2.14. The number of hydrogen-bond donors (Lipinski definition) is 1. The lowest BCUT2D eigenvalue weighted by Crippen LogP contribution is -2.29. The zero-order valence-corrected chi connectivity index (χ0v) is 14.1. The van der Waals surface area contributed by atoms with Crippen LogP contribution in [0, 0.1) is 0 Å². The molecule has 2 nitrogen and oxygen atoms in total. The maximum atomic E-state index is 6.43. The minimum absolute atomic E-state index is 0.325. The molecular formula is C15H25ClN2S. The highest BCUT2D eigenvalue weighted by Crippen LogP contribution is 2.30. The van der Waals surface area contributed by atoms with E-state index in [1.807, 2.05) is 18.8 Å². The van der Waals surface area contributed by atoms with E-state index in [4.69, 9.17) is 11.6 Å². The Morgan fingerprint density at radius 3 is 2.58 bits per heavy atom. The summed E-state index contributed by atoms with van der Waals surface area (Å²) in [6.45, 7) is 4.38. The van der Waals surface area contributed by atoms with Crippen LogP contribution in [0.3, 0.4) is 0 Å². The van der Waals surface area contributed by atoms with E-state index < -0.39 is 0 Å². The van der Waals surface area contributed by atoms with Crippen molar-refractivity contribution in [1.82, 2.24) is 5.32 Å². The van der Waals surface area contributed by atoms with Gasteiger partial charge in [0.05, 0.1) is 10.7 Å². The van der Waals surface area contributed by atoms with E-state index in [2.05, 4.69) is 55.6 Å². The number of nitrogens with zero attached hydrogens (tertiary/aromatic N) is 1. The summed E-state index contributed by atoms with van der Waals surface area (Å²) in [7, 11) is 4.08. The molecule has 0 saturated heterocycles. The summed E-state index contributed by atoms with van der Waals surface area (Å²) >= 11 is 8.32. The maximum Gasteiger partial charge on any atom is 0.0642 e. The molecule has 1 aromatic rings. The van der Waals surface area contributed by atoms with Gasteiger partial charge in [-0.2, -0.15) is 11.8 Å². The molecule has 0 fully saturated rings. The first-order valence-electron chi connectivity index (χ1n) is 6.69. The molecule has 2 unspecified atom stereocenters. The van der Waals surface area contributed by atoms with Crippen LogP contribution in [0.4, 0.5) is 5.69 Å². The molecule has 0 heterocycles. The van der Waals surface area contributed by atoms with Crippen molar-refractivity contribution in [2.24, 2.45) is 0 Å². The summed E-state index contributed by atoms with van der Waals surface area (Å²) in [4.78, 5) is 2.27. The van der Waals surface area contributed by atoms with E-state index >= 15 is 0 Å². The van der Waals surface area contributed by atoms with Crippen molar-refractivity contribution in [1.29, 1.82) is 0 Å². The Balaban J connectivity index is 2.83. The first-order valence-corrected chi connectivity index (χ1v) is 8.47. The van der Waals surface area contributed by atoms with Gasteiger partial charge in [-0.1, -0.05) is 17.7 Å². The molecule has 1 aromatic carbocycles. The topological polar surface area (TPSA) is 15.3 Å². The average Bonchev–Trinajstić information content (AvgIpc) is 2.42. The van der Waals surface area contributed by atoms with Gasteiger partial charge in [-0.3, -0.25) is 0 Å². The number of nitrogens with one attached hydrogen (secondary N) is 1. The lowest BCUT2D eigenvalue weighted by molar-refractivity contribution is 0.650. The zero-order chi connectivity index (χ0) is 14.4. The minimum Gasteiger partial charge on any atom is -0.371 e. The van der Waals surface area contributed by atoms with Crippen molar-refractivity contribution < 1.29 is 0 Å². The molecule has 0 aliphatic carbocycles. The normalized spacial score (nSPS) is 14.2. The van der Waals surface area contributed by atoms with Crippen LogP contribution < -0.4 is 10.2 Å². The molecule has 0 amide bonds. The first-order chi connectivity index (χ1) is 9.01. The fourth-order valence-electron chi connectivity index (χ4n) is 1.96. The molecule has 19 heavy (non-hydrogen) atoms. The Kier molecular flexibility index (Phi) is 7.05. The van der Waals surface area contributed by atoms with Crippen molar-refractivity contribution in [2.75, 3.05) is 31.0 Å². The predicted octanol–water partition coefficient (Wildman–Crippen LogP) is 4.20. The average molecular weight is 301 g/mol. The Labute approximate surface area is 126 Å². The second kappa shape index (κ2) is 8.03. The number of halogens is 1. The van der Waals surface area contributed by atoms with Crippen LogP contribution in [0.15, 0.2) is 18.2 Å². The predicted molar refractivity (Wildman–Crippen MR) is 89.8 cm³/mol. The number of anilines is 1. The molecule has 0 aliphatic heterocycles. The van der Waals surface area contributed by atoms with Crippen LogP contribution in [0.2, 0.25) is 5.02 Å². The zero-order valence-electron chi connectivity index (χ0n) is 12.5. The third kappa shape index (κ3) is 4.59. The summed E-state index contributed by atoms with van der Waals surface area (Å²) in [6, 6.07) is 7.17. The Morgan fingerprint density at radius 1 is 1.37 bits per heavy atom. The molecule has 1 N–H and O–H groups in total. The molecule has 0 saturated carbocycles. The van der Waals surface area contributed by atoms with Gasteiger partial charge in [-0.15, -0.1) is 0 Å². The lowest BCUT2D eigenvalue weighted by atomic mass is 10.1. The molecular weight excluding hydrogens is 276 g/mol. The Morgan fingerprint density at radius 2 is 2.05 bits per heavy atom. The molecule has 0 aromatic heterocycles. The van der Waals surface area contributed by atoms with Crippen LogP contribution in [0.25, 0.3) is 0 Å². The second-order valence-corrected chi connectivity index (χ2v) is 6.36. The van der Waals surface area contributed by atoms with Crippen LogP contribution in [-0.2, 0) is 0 Å². The molecule has 4 heteroatoms. The van der Waals surface area contributed by atoms with Crippen molar-refractivity contribution in [3.63, 3.8) is 0 Å². The van der Waals surface area contributed by atoms with E-state index in [0.29, 0.717) is 12.1 Å². The first kappa shape index (κ1) is 16.7. The second-order valence-electron chi connectivity index (χ2n) is 4.96. The summed E-state index contributed by atoms with van der Waals surface area (Å²) in [5, 5.41) is 4.06. The number of benzene rings is 1. The molecule has 0 aliphatic rings. The van der Waals surface area contributed by atoms with Crippen LogP contribution in [-0.4, -0.2) is 32.1 Å². The van der Waals surface area contributed by atoms with E-state index in [0.717, 1.165) is 10.7 Å². The fourth-order valence-corrected chi connectivity index (χ4v) is 2.86. The largest absolute Gasteiger partial charge is 0.371 e. The van der Waals surface area contributed by atoms with Crippen LogP contribution in [0.5, 0.6) is 0 Å². The van der Waals surface area contributed by atoms with Crippen molar-refractivity contribution in [2.45, 2.75) is 32.4 Å². The number of rotatable bonds is 7. The van der Waals surface area contributed by atoms with Crippen LogP contribution in [0.1, 0.15) is 31.9 Å². The third-order valence-corrected chi connectivity index (χ3v) is 4.63. The summed E-state index contributed by atoms with van der Waals surface area (Å²) in [5.74, 6) is 1.18. The highest BCUT2D eigenvalue weighted by molar-refractivity contribution is 7.98. The Hall–Kier alpha value is -0.380. The van der Waals surface area contributed by atoms with Crippen molar-refractivity contribution >= 4 is 29.1 Å². The van der Waals surface area contributed by atoms with Gasteiger partial charge in [0, 0.05) is 19.1 Å².